The number of aryl methyl sites for hydroxylation is 1. The van der Waals surface area contributed by atoms with E-state index in [0.717, 1.165) is 5.56 Å². The molecule has 2 rings (SSSR count). The van der Waals surface area contributed by atoms with Crippen molar-refractivity contribution < 1.29 is 9.53 Å². The highest BCUT2D eigenvalue weighted by atomic mass is 35.5. The molecular formula is C15H15ClN2O2. The highest BCUT2D eigenvalue weighted by Gasteiger charge is 2.11. The van der Waals surface area contributed by atoms with E-state index >= 15 is 0 Å². The predicted molar refractivity (Wildman–Crippen MR) is 81.5 cm³/mol. The molecule has 2 aromatic rings. The van der Waals surface area contributed by atoms with Gasteiger partial charge in [0, 0.05) is 22.3 Å². The van der Waals surface area contributed by atoms with Gasteiger partial charge in [-0.1, -0.05) is 11.6 Å². The van der Waals surface area contributed by atoms with E-state index in [9.17, 15) is 4.79 Å². The van der Waals surface area contributed by atoms with E-state index in [1.54, 1.807) is 36.4 Å². The molecule has 0 radical (unpaired) electrons. The standard InChI is InChI=1S/C15H15ClN2O2/c1-9-7-13(14(20-2)8-12(9)16)18-15(19)10-3-5-11(17)6-4-10/h3-8H,17H2,1-2H3,(H,18,19). The van der Waals surface area contributed by atoms with Crippen LogP contribution in [-0.4, -0.2) is 13.0 Å². The Bertz CT molecular complexity index is 639. The Kier molecular flexibility index (Phi) is 4.15. The van der Waals surface area contributed by atoms with Crippen LogP contribution in [0.1, 0.15) is 15.9 Å². The molecular weight excluding hydrogens is 276 g/mol. The van der Waals surface area contributed by atoms with E-state index < -0.39 is 0 Å². The number of hydrogen-bond donors (Lipinski definition) is 2. The summed E-state index contributed by atoms with van der Waals surface area (Å²) in [6, 6.07) is 10.1. The molecule has 0 aliphatic rings. The Morgan fingerprint density at radius 1 is 1.25 bits per heavy atom. The van der Waals surface area contributed by atoms with E-state index in [-0.39, 0.29) is 5.91 Å². The van der Waals surface area contributed by atoms with E-state index in [1.807, 2.05) is 6.92 Å². The summed E-state index contributed by atoms with van der Waals surface area (Å²) < 4.78 is 5.22. The highest BCUT2D eigenvalue weighted by Crippen LogP contribution is 2.31. The Labute approximate surface area is 122 Å². The lowest BCUT2D eigenvalue weighted by molar-refractivity contribution is 0.102. The largest absolute Gasteiger partial charge is 0.495 e. The Balaban J connectivity index is 2.27. The highest BCUT2D eigenvalue weighted by molar-refractivity contribution is 6.31. The van der Waals surface area contributed by atoms with Crippen LogP contribution in [0.5, 0.6) is 5.75 Å². The minimum absolute atomic E-state index is 0.231. The van der Waals surface area contributed by atoms with Crippen LogP contribution >= 0.6 is 11.6 Å². The van der Waals surface area contributed by atoms with Crippen molar-refractivity contribution in [2.75, 3.05) is 18.2 Å². The normalized spacial score (nSPS) is 10.2. The zero-order valence-corrected chi connectivity index (χ0v) is 12.0. The van der Waals surface area contributed by atoms with E-state index in [0.29, 0.717) is 27.7 Å². The number of hydrogen-bond acceptors (Lipinski definition) is 3. The summed E-state index contributed by atoms with van der Waals surface area (Å²) in [5.74, 6) is 0.286. The second kappa shape index (κ2) is 5.84. The third-order valence-electron chi connectivity index (χ3n) is 2.90. The molecule has 1 amide bonds. The van der Waals surface area contributed by atoms with Crippen LogP contribution in [0.15, 0.2) is 36.4 Å². The maximum absolute atomic E-state index is 12.1. The van der Waals surface area contributed by atoms with Crippen molar-refractivity contribution in [1.29, 1.82) is 0 Å². The van der Waals surface area contributed by atoms with Gasteiger partial charge in [0.2, 0.25) is 0 Å². The monoisotopic (exact) mass is 290 g/mol. The molecule has 0 bridgehead atoms. The second-order valence-corrected chi connectivity index (χ2v) is 4.79. The van der Waals surface area contributed by atoms with E-state index in [4.69, 9.17) is 22.1 Å². The molecule has 0 saturated heterocycles. The molecule has 2 aromatic carbocycles. The zero-order chi connectivity index (χ0) is 14.7. The van der Waals surface area contributed by atoms with Gasteiger partial charge in [-0.3, -0.25) is 4.79 Å². The van der Waals surface area contributed by atoms with Gasteiger partial charge in [-0.15, -0.1) is 0 Å². The SMILES string of the molecule is COc1cc(Cl)c(C)cc1NC(=O)c1ccc(N)cc1. The van der Waals surface area contributed by atoms with Crippen molar-refractivity contribution in [3.8, 4) is 5.75 Å². The third-order valence-corrected chi connectivity index (χ3v) is 3.31. The van der Waals surface area contributed by atoms with Gasteiger partial charge in [-0.25, -0.2) is 0 Å². The molecule has 0 heterocycles. The Hall–Kier alpha value is -2.20. The number of nitrogen functional groups attached to an aromatic ring is 1. The molecule has 0 aliphatic carbocycles. The number of rotatable bonds is 3. The van der Waals surface area contributed by atoms with Gasteiger partial charge in [0.25, 0.3) is 5.91 Å². The van der Waals surface area contributed by atoms with Gasteiger partial charge in [-0.05, 0) is 42.8 Å². The first-order chi connectivity index (χ1) is 9.51. The maximum Gasteiger partial charge on any atom is 0.255 e. The minimum Gasteiger partial charge on any atom is -0.495 e. The van der Waals surface area contributed by atoms with Crippen molar-refractivity contribution in [2.45, 2.75) is 6.92 Å². The van der Waals surface area contributed by atoms with Gasteiger partial charge < -0.3 is 15.8 Å². The number of anilines is 2. The van der Waals surface area contributed by atoms with Crippen molar-refractivity contribution in [3.05, 3.63) is 52.5 Å². The van der Waals surface area contributed by atoms with Gasteiger partial charge in [0.1, 0.15) is 5.75 Å². The van der Waals surface area contributed by atoms with Crippen molar-refractivity contribution in [3.63, 3.8) is 0 Å². The van der Waals surface area contributed by atoms with Crippen LogP contribution in [0, 0.1) is 6.92 Å². The molecule has 5 heteroatoms. The van der Waals surface area contributed by atoms with Crippen LogP contribution in [0.2, 0.25) is 5.02 Å². The lowest BCUT2D eigenvalue weighted by Crippen LogP contribution is -2.12. The summed E-state index contributed by atoms with van der Waals surface area (Å²) >= 11 is 6.03. The molecule has 104 valence electrons. The summed E-state index contributed by atoms with van der Waals surface area (Å²) in [5.41, 5.74) is 8.17. The van der Waals surface area contributed by atoms with Crippen LogP contribution in [0.4, 0.5) is 11.4 Å². The van der Waals surface area contributed by atoms with Crippen molar-refractivity contribution >= 4 is 28.9 Å². The minimum atomic E-state index is -0.231. The number of nitrogens with one attached hydrogen (secondary N) is 1. The molecule has 3 N–H and O–H groups in total. The molecule has 0 saturated carbocycles. The number of carbonyl (C=O) groups is 1. The van der Waals surface area contributed by atoms with Crippen LogP contribution < -0.4 is 15.8 Å². The number of amides is 1. The number of benzene rings is 2. The fourth-order valence-corrected chi connectivity index (χ4v) is 1.91. The lowest BCUT2D eigenvalue weighted by Gasteiger charge is -2.12. The van der Waals surface area contributed by atoms with E-state index in [1.165, 1.54) is 7.11 Å². The van der Waals surface area contributed by atoms with Crippen LogP contribution in [0.25, 0.3) is 0 Å². The molecule has 0 aromatic heterocycles. The molecule has 0 aliphatic heterocycles. The van der Waals surface area contributed by atoms with E-state index in [2.05, 4.69) is 5.32 Å². The van der Waals surface area contributed by atoms with Crippen LogP contribution in [0.3, 0.4) is 0 Å². The molecule has 0 spiro atoms. The van der Waals surface area contributed by atoms with Crippen molar-refractivity contribution in [1.82, 2.24) is 0 Å². The van der Waals surface area contributed by atoms with Gasteiger partial charge in [0.15, 0.2) is 0 Å². The molecule has 0 unspecified atom stereocenters. The first kappa shape index (κ1) is 14.2. The molecule has 20 heavy (non-hydrogen) atoms. The zero-order valence-electron chi connectivity index (χ0n) is 11.2. The van der Waals surface area contributed by atoms with Gasteiger partial charge in [0.05, 0.1) is 12.8 Å². The average Bonchev–Trinajstić information content (AvgIpc) is 2.43. The molecule has 0 atom stereocenters. The Morgan fingerprint density at radius 2 is 1.90 bits per heavy atom. The summed E-state index contributed by atoms with van der Waals surface area (Å²) in [7, 11) is 1.53. The quantitative estimate of drug-likeness (QED) is 0.851. The summed E-state index contributed by atoms with van der Waals surface area (Å²) in [6.07, 6.45) is 0. The molecule has 4 nitrogen and oxygen atoms in total. The molecule has 0 fully saturated rings. The maximum atomic E-state index is 12.1. The topological polar surface area (TPSA) is 64.3 Å². The number of carbonyl (C=O) groups excluding carboxylic acids is 1. The summed E-state index contributed by atoms with van der Waals surface area (Å²) in [6.45, 7) is 1.86. The van der Waals surface area contributed by atoms with Gasteiger partial charge >= 0.3 is 0 Å². The summed E-state index contributed by atoms with van der Waals surface area (Å²) in [5, 5.41) is 3.39. The first-order valence-electron chi connectivity index (χ1n) is 6.02. The van der Waals surface area contributed by atoms with Crippen molar-refractivity contribution in [2.24, 2.45) is 0 Å². The lowest BCUT2D eigenvalue weighted by atomic mass is 10.1. The average molecular weight is 291 g/mol. The summed E-state index contributed by atoms with van der Waals surface area (Å²) in [4.78, 5) is 12.1. The first-order valence-corrected chi connectivity index (χ1v) is 6.40. The smallest absolute Gasteiger partial charge is 0.255 e. The van der Waals surface area contributed by atoms with Gasteiger partial charge in [-0.2, -0.15) is 0 Å². The third kappa shape index (κ3) is 3.03. The van der Waals surface area contributed by atoms with Crippen LogP contribution in [-0.2, 0) is 0 Å². The Morgan fingerprint density at radius 3 is 2.50 bits per heavy atom. The number of methoxy groups -OCH3 is 1. The number of ether oxygens (including phenoxy) is 1. The second-order valence-electron chi connectivity index (χ2n) is 4.38. The number of nitrogens with two attached hydrogens (primary N) is 1. The predicted octanol–water partition coefficient (Wildman–Crippen LogP) is 3.49. The fraction of sp³-hybridized carbons (Fsp3) is 0.133. The fourth-order valence-electron chi connectivity index (χ4n) is 1.76. The number of halogens is 1.